The number of likely N-dealkylation sites (tertiary alicyclic amines) is 1. The predicted octanol–water partition coefficient (Wildman–Crippen LogP) is 4.04. The maximum absolute atomic E-state index is 13.2. The molecule has 0 spiro atoms. The minimum absolute atomic E-state index is 0.00440. The average Bonchev–Trinajstić information content (AvgIpc) is 3.45. The number of tetrazole rings is 1. The minimum atomic E-state index is -2.04. The molecule has 0 bridgehead atoms. The molecule has 0 unspecified atom stereocenters. The first-order chi connectivity index (χ1) is 17.8. The van der Waals surface area contributed by atoms with E-state index < -0.39 is 19.3 Å². The first kappa shape index (κ1) is 30.0. The molecule has 1 aliphatic rings. The van der Waals surface area contributed by atoms with E-state index >= 15 is 0 Å². The number of ether oxygens (including phenoxy) is 1. The molecule has 210 valence electrons. The quantitative estimate of drug-likeness (QED) is 0.170. The standard InChI is InChI=1S/C24H39N7O5SSi/c1-24(2,3)38(6,7)36-21-14-20(17-37-22-25-26-27-30(22)13-12-28(4)5)29(15-21)23(32)35-16-18-8-10-19(11-9-18)31(33)34/h8-11,20-21H,12-17H2,1-7H3/t20-,21+/m0/s1. The van der Waals surface area contributed by atoms with Gasteiger partial charge < -0.3 is 19.0 Å². The molecule has 12 nitrogen and oxygen atoms in total. The van der Waals surface area contributed by atoms with Crippen LogP contribution in [0.4, 0.5) is 10.5 Å². The van der Waals surface area contributed by atoms with E-state index in [1.807, 2.05) is 14.1 Å². The minimum Gasteiger partial charge on any atom is -0.445 e. The van der Waals surface area contributed by atoms with E-state index in [2.05, 4.69) is 54.3 Å². The number of carbonyl (C=O) groups is 1. The zero-order valence-electron chi connectivity index (χ0n) is 23.3. The van der Waals surface area contributed by atoms with Gasteiger partial charge in [0.15, 0.2) is 8.32 Å². The molecule has 38 heavy (non-hydrogen) atoms. The highest BCUT2D eigenvalue weighted by Crippen LogP contribution is 2.39. The van der Waals surface area contributed by atoms with Crippen LogP contribution in [0.2, 0.25) is 18.1 Å². The summed E-state index contributed by atoms with van der Waals surface area (Å²) in [5.74, 6) is 0.604. The summed E-state index contributed by atoms with van der Waals surface area (Å²) in [6.07, 6.45) is 0.187. The molecule has 1 aliphatic heterocycles. The van der Waals surface area contributed by atoms with Crippen LogP contribution in [0.15, 0.2) is 29.4 Å². The second-order valence-electron chi connectivity index (χ2n) is 11.3. The monoisotopic (exact) mass is 565 g/mol. The number of aromatic nitrogens is 4. The number of nitrogens with zero attached hydrogens (tertiary/aromatic N) is 7. The third-order valence-electron chi connectivity index (χ3n) is 7.05. The summed E-state index contributed by atoms with van der Waals surface area (Å²) in [6, 6.07) is 5.89. The highest BCUT2D eigenvalue weighted by Gasteiger charge is 2.44. The Morgan fingerprint density at radius 3 is 2.55 bits per heavy atom. The molecule has 0 aliphatic carbocycles. The van der Waals surface area contributed by atoms with E-state index in [0.29, 0.717) is 36.0 Å². The van der Waals surface area contributed by atoms with Gasteiger partial charge in [0.1, 0.15) is 6.61 Å². The molecule has 0 radical (unpaired) electrons. The number of non-ortho nitro benzene ring substituents is 1. The SMILES string of the molecule is CN(C)CCn1nnnc1SC[C@@H]1C[C@@H](O[Si](C)(C)C(C)(C)C)CN1C(=O)OCc1ccc([N+](=O)[O-])cc1. The fourth-order valence-electron chi connectivity index (χ4n) is 3.78. The number of hydrogen-bond donors (Lipinski definition) is 0. The second-order valence-corrected chi connectivity index (χ2v) is 17.1. The van der Waals surface area contributed by atoms with Crippen LogP contribution in [0, 0.1) is 10.1 Å². The van der Waals surface area contributed by atoms with Crippen molar-refractivity contribution < 1.29 is 18.9 Å². The highest BCUT2D eigenvalue weighted by molar-refractivity contribution is 7.99. The van der Waals surface area contributed by atoms with Crippen LogP contribution in [0.1, 0.15) is 32.8 Å². The zero-order valence-corrected chi connectivity index (χ0v) is 25.1. The largest absolute Gasteiger partial charge is 0.445 e. The average molecular weight is 566 g/mol. The summed E-state index contributed by atoms with van der Waals surface area (Å²) in [5, 5.41) is 23.8. The van der Waals surface area contributed by atoms with E-state index in [1.54, 1.807) is 21.7 Å². The number of rotatable bonds is 11. The number of benzene rings is 1. The van der Waals surface area contributed by atoms with Gasteiger partial charge in [0.05, 0.1) is 17.6 Å². The van der Waals surface area contributed by atoms with Gasteiger partial charge in [-0.05, 0) is 66.8 Å². The van der Waals surface area contributed by atoms with E-state index in [0.717, 1.165) is 6.54 Å². The Morgan fingerprint density at radius 2 is 1.95 bits per heavy atom. The number of carbonyl (C=O) groups excluding carboxylic acids is 1. The number of likely N-dealkylation sites (N-methyl/N-ethyl adjacent to an activating group) is 1. The van der Waals surface area contributed by atoms with Crippen molar-refractivity contribution in [3.8, 4) is 0 Å². The molecule has 2 atom stereocenters. The highest BCUT2D eigenvalue weighted by atomic mass is 32.2. The normalized spacial score (nSPS) is 18.3. The Hall–Kier alpha value is -2.55. The number of nitro groups is 1. The van der Waals surface area contributed by atoms with Gasteiger partial charge in [0, 0.05) is 37.0 Å². The number of nitro benzene ring substituents is 1. The molecule has 3 rings (SSSR count). The lowest BCUT2D eigenvalue weighted by molar-refractivity contribution is -0.384. The van der Waals surface area contributed by atoms with Crippen LogP contribution >= 0.6 is 11.8 Å². The predicted molar refractivity (Wildman–Crippen MR) is 148 cm³/mol. The Balaban J connectivity index is 1.68. The Morgan fingerprint density at radius 1 is 1.26 bits per heavy atom. The molecular formula is C24H39N7O5SSi. The summed E-state index contributed by atoms with van der Waals surface area (Å²) in [5.41, 5.74) is 0.679. The van der Waals surface area contributed by atoms with Gasteiger partial charge >= 0.3 is 6.09 Å². The van der Waals surface area contributed by atoms with Crippen molar-refractivity contribution in [3.05, 3.63) is 39.9 Å². The molecule has 1 aromatic heterocycles. The van der Waals surface area contributed by atoms with Crippen molar-refractivity contribution in [3.63, 3.8) is 0 Å². The molecule has 0 saturated carbocycles. The smallest absolute Gasteiger partial charge is 0.410 e. The molecule has 2 aromatic rings. The first-order valence-corrected chi connectivity index (χ1v) is 16.5. The van der Waals surface area contributed by atoms with Crippen molar-refractivity contribution in [2.24, 2.45) is 0 Å². The van der Waals surface area contributed by atoms with E-state index in [9.17, 15) is 14.9 Å². The molecule has 2 heterocycles. The maximum atomic E-state index is 13.2. The third kappa shape index (κ3) is 7.98. The molecule has 1 fully saturated rings. The van der Waals surface area contributed by atoms with Crippen LogP contribution in [0.5, 0.6) is 0 Å². The van der Waals surface area contributed by atoms with E-state index in [-0.39, 0.29) is 29.5 Å². The van der Waals surface area contributed by atoms with Gasteiger partial charge in [-0.1, -0.05) is 32.5 Å². The Labute approximate surface area is 229 Å². The van der Waals surface area contributed by atoms with E-state index in [4.69, 9.17) is 9.16 Å². The van der Waals surface area contributed by atoms with Crippen LogP contribution in [-0.4, -0.2) is 94.4 Å². The fraction of sp³-hybridized carbons (Fsp3) is 0.667. The van der Waals surface area contributed by atoms with Gasteiger partial charge in [-0.25, -0.2) is 9.48 Å². The van der Waals surface area contributed by atoms with Crippen molar-refractivity contribution in [1.82, 2.24) is 30.0 Å². The van der Waals surface area contributed by atoms with Crippen LogP contribution < -0.4 is 0 Å². The first-order valence-electron chi connectivity index (χ1n) is 12.6. The van der Waals surface area contributed by atoms with Gasteiger partial charge in [-0.3, -0.25) is 10.1 Å². The van der Waals surface area contributed by atoms with Crippen molar-refractivity contribution >= 4 is 31.9 Å². The summed E-state index contributed by atoms with van der Waals surface area (Å²) in [7, 11) is 1.96. The van der Waals surface area contributed by atoms with Gasteiger partial charge in [0.25, 0.3) is 5.69 Å². The lowest BCUT2D eigenvalue weighted by Gasteiger charge is -2.38. The van der Waals surface area contributed by atoms with Crippen LogP contribution in [0.3, 0.4) is 0 Å². The van der Waals surface area contributed by atoms with Crippen molar-refractivity contribution in [2.45, 2.75) is 75.8 Å². The maximum Gasteiger partial charge on any atom is 0.410 e. The molecular weight excluding hydrogens is 526 g/mol. The molecule has 1 saturated heterocycles. The summed E-state index contributed by atoms with van der Waals surface area (Å²) >= 11 is 1.52. The summed E-state index contributed by atoms with van der Waals surface area (Å²) in [4.78, 5) is 27.5. The molecule has 0 N–H and O–H groups in total. The number of hydrogen-bond acceptors (Lipinski definition) is 10. The number of amides is 1. The topological polar surface area (TPSA) is 129 Å². The van der Waals surface area contributed by atoms with Crippen LogP contribution in [0.25, 0.3) is 0 Å². The third-order valence-corrected chi connectivity index (χ3v) is 12.7. The van der Waals surface area contributed by atoms with Gasteiger partial charge in [-0.15, -0.1) is 5.10 Å². The lowest BCUT2D eigenvalue weighted by Crippen LogP contribution is -2.44. The van der Waals surface area contributed by atoms with Crippen molar-refractivity contribution in [1.29, 1.82) is 0 Å². The second kappa shape index (κ2) is 12.5. The van der Waals surface area contributed by atoms with Crippen LogP contribution in [-0.2, 0) is 22.3 Å². The number of thioether (sulfide) groups is 1. The van der Waals surface area contributed by atoms with Gasteiger partial charge in [0.2, 0.25) is 5.16 Å². The lowest BCUT2D eigenvalue weighted by atomic mass is 10.2. The molecule has 1 aromatic carbocycles. The summed E-state index contributed by atoms with van der Waals surface area (Å²) in [6.45, 7) is 13.0. The Kier molecular flexibility index (Phi) is 9.89. The van der Waals surface area contributed by atoms with Gasteiger partial charge in [-0.2, -0.15) is 0 Å². The Bertz CT molecular complexity index is 1090. The molecule has 1 amide bonds. The van der Waals surface area contributed by atoms with Crippen molar-refractivity contribution in [2.75, 3.05) is 32.9 Å². The summed E-state index contributed by atoms with van der Waals surface area (Å²) < 4.78 is 14.1. The zero-order chi connectivity index (χ0) is 28.1. The fourth-order valence-corrected chi connectivity index (χ4v) is 6.17. The molecule has 14 heteroatoms. The van der Waals surface area contributed by atoms with E-state index in [1.165, 1.54) is 23.9 Å².